The Kier molecular flexibility index (Phi) is 1.98. The van der Waals surface area contributed by atoms with E-state index >= 15 is 0 Å². The lowest BCUT2D eigenvalue weighted by molar-refractivity contribution is 0.739. The molecule has 2 rings (SSSR count). The summed E-state index contributed by atoms with van der Waals surface area (Å²) in [6, 6.07) is 0. The van der Waals surface area contributed by atoms with E-state index in [2.05, 4.69) is 20.3 Å². The van der Waals surface area contributed by atoms with E-state index in [1.165, 1.54) is 0 Å². The van der Waals surface area contributed by atoms with Crippen molar-refractivity contribution in [1.82, 2.24) is 15.3 Å². The van der Waals surface area contributed by atoms with Gasteiger partial charge in [-0.05, 0) is 6.42 Å². The predicted octanol–water partition coefficient (Wildman–Crippen LogP) is 0.216. The maximum absolute atomic E-state index is 4.30. The summed E-state index contributed by atoms with van der Waals surface area (Å²) in [4.78, 5) is 12.4. The third-order valence-corrected chi connectivity index (χ3v) is 1.70. The Bertz CT molecular complexity index is 280. The summed E-state index contributed by atoms with van der Waals surface area (Å²) in [6.45, 7) is 1.87. The zero-order chi connectivity index (χ0) is 8.23. The van der Waals surface area contributed by atoms with Gasteiger partial charge in [-0.3, -0.25) is 9.98 Å². The van der Waals surface area contributed by atoms with Crippen molar-refractivity contribution in [2.24, 2.45) is 4.99 Å². The summed E-state index contributed by atoms with van der Waals surface area (Å²) in [5.74, 6) is 0.870. The van der Waals surface area contributed by atoms with Gasteiger partial charge in [0.1, 0.15) is 11.5 Å². The summed E-state index contributed by atoms with van der Waals surface area (Å²) < 4.78 is 0. The molecule has 0 radical (unpaired) electrons. The van der Waals surface area contributed by atoms with Crippen molar-refractivity contribution in [1.29, 1.82) is 0 Å². The standard InChI is InChI=1S/C8H10N4/c1-2-11-8(12-3-1)7-6-9-4-5-10-7/h4-6H,1-3H2,(H,11,12). The van der Waals surface area contributed by atoms with Crippen LogP contribution in [0.3, 0.4) is 0 Å². The van der Waals surface area contributed by atoms with E-state index < -0.39 is 0 Å². The van der Waals surface area contributed by atoms with Crippen LogP contribution in [0.5, 0.6) is 0 Å². The zero-order valence-electron chi connectivity index (χ0n) is 6.70. The molecule has 0 spiro atoms. The molecule has 0 saturated heterocycles. The smallest absolute Gasteiger partial charge is 0.148 e. The van der Waals surface area contributed by atoms with Gasteiger partial charge in [-0.25, -0.2) is 4.98 Å². The molecule has 12 heavy (non-hydrogen) atoms. The molecule has 0 amide bonds. The average molecular weight is 162 g/mol. The molecule has 0 bridgehead atoms. The fourth-order valence-electron chi connectivity index (χ4n) is 1.13. The summed E-state index contributed by atoms with van der Waals surface area (Å²) >= 11 is 0. The van der Waals surface area contributed by atoms with Gasteiger partial charge in [0, 0.05) is 25.5 Å². The van der Waals surface area contributed by atoms with Gasteiger partial charge in [0.2, 0.25) is 0 Å². The highest BCUT2D eigenvalue weighted by molar-refractivity contribution is 5.97. The van der Waals surface area contributed by atoms with Crippen molar-refractivity contribution in [3.8, 4) is 0 Å². The van der Waals surface area contributed by atoms with Crippen LogP contribution in [0.1, 0.15) is 12.1 Å². The molecule has 1 aliphatic rings. The van der Waals surface area contributed by atoms with Crippen molar-refractivity contribution >= 4 is 5.84 Å². The van der Waals surface area contributed by atoms with E-state index in [-0.39, 0.29) is 0 Å². The topological polar surface area (TPSA) is 50.2 Å². The molecule has 0 fully saturated rings. The minimum atomic E-state index is 0.831. The van der Waals surface area contributed by atoms with Crippen LogP contribution in [-0.2, 0) is 0 Å². The number of rotatable bonds is 1. The van der Waals surface area contributed by atoms with Crippen molar-refractivity contribution in [3.05, 3.63) is 24.3 Å². The maximum Gasteiger partial charge on any atom is 0.148 e. The molecule has 0 saturated carbocycles. The summed E-state index contributed by atoms with van der Waals surface area (Å²) in [7, 11) is 0. The van der Waals surface area contributed by atoms with E-state index in [0.29, 0.717) is 0 Å². The second-order valence-electron chi connectivity index (χ2n) is 2.60. The van der Waals surface area contributed by atoms with Crippen LogP contribution in [0, 0.1) is 0 Å². The highest BCUT2D eigenvalue weighted by Gasteiger charge is 2.06. The lowest BCUT2D eigenvalue weighted by Gasteiger charge is -2.12. The molecule has 0 aromatic carbocycles. The van der Waals surface area contributed by atoms with Crippen LogP contribution in [0.15, 0.2) is 23.6 Å². The number of hydrogen-bond donors (Lipinski definition) is 1. The van der Waals surface area contributed by atoms with Crippen LogP contribution in [0.2, 0.25) is 0 Å². The Morgan fingerprint density at radius 2 is 2.33 bits per heavy atom. The molecule has 1 N–H and O–H groups in total. The van der Waals surface area contributed by atoms with Gasteiger partial charge < -0.3 is 5.32 Å². The highest BCUT2D eigenvalue weighted by atomic mass is 15.0. The first-order chi connectivity index (χ1) is 5.97. The monoisotopic (exact) mass is 162 g/mol. The van der Waals surface area contributed by atoms with E-state index in [0.717, 1.165) is 31.0 Å². The SMILES string of the molecule is c1cnc(C2=NCCCN2)cn1. The highest BCUT2D eigenvalue weighted by Crippen LogP contribution is 1.97. The summed E-state index contributed by atoms with van der Waals surface area (Å²) in [6.07, 6.45) is 6.15. The van der Waals surface area contributed by atoms with Gasteiger partial charge in [-0.15, -0.1) is 0 Å². The molecule has 62 valence electrons. The molecule has 1 aliphatic heterocycles. The van der Waals surface area contributed by atoms with Gasteiger partial charge in [0.05, 0.1) is 6.20 Å². The fraction of sp³-hybridized carbons (Fsp3) is 0.375. The van der Waals surface area contributed by atoms with Crippen molar-refractivity contribution < 1.29 is 0 Å². The molecule has 1 aromatic heterocycles. The number of aliphatic imine (C=N–C) groups is 1. The fourth-order valence-corrected chi connectivity index (χ4v) is 1.13. The minimum Gasteiger partial charge on any atom is -0.368 e. The van der Waals surface area contributed by atoms with Crippen molar-refractivity contribution in [3.63, 3.8) is 0 Å². The quantitative estimate of drug-likeness (QED) is 0.642. The zero-order valence-corrected chi connectivity index (χ0v) is 6.70. The Labute approximate surface area is 70.8 Å². The molecule has 4 nitrogen and oxygen atoms in total. The molecule has 2 heterocycles. The first-order valence-electron chi connectivity index (χ1n) is 4.01. The van der Waals surface area contributed by atoms with Gasteiger partial charge in [0.15, 0.2) is 0 Å². The first-order valence-corrected chi connectivity index (χ1v) is 4.01. The van der Waals surface area contributed by atoms with E-state index in [1.807, 2.05) is 0 Å². The molecule has 1 aromatic rings. The third-order valence-electron chi connectivity index (χ3n) is 1.70. The molecular weight excluding hydrogens is 152 g/mol. The first kappa shape index (κ1) is 7.21. The Morgan fingerprint density at radius 3 is 3.00 bits per heavy atom. The van der Waals surface area contributed by atoms with Crippen LogP contribution in [0.25, 0.3) is 0 Å². The number of aromatic nitrogens is 2. The Balaban J connectivity index is 2.24. The number of amidine groups is 1. The van der Waals surface area contributed by atoms with Gasteiger partial charge in [-0.1, -0.05) is 0 Å². The number of nitrogens with one attached hydrogen (secondary N) is 1. The number of hydrogen-bond acceptors (Lipinski definition) is 4. The second kappa shape index (κ2) is 3.30. The largest absolute Gasteiger partial charge is 0.368 e. The molecule has 0 unspecified atom stereocenters. The predicted molar refractivity (Wildman–Crippen MR) is 46.1 cm³/mol. The Morgan fingerprint density at radius 1 is 1.33 bits per heavy atom. The van der Waals surface area contributed by atoms with E-state index in [4.69, 9.17) is 0 Å². The second-order valence-corrected chi connectivity index (χ2v) is 2.60. The van der Waals surface area contributed by atoms with Crippen LogP contribution < -0.4 is 5.32 Å². The average Bonchev–Trinajstić information content (AvgIpc) is 2.21. The normalized spacial score (nSPS) is 16.5. The van der Waals surface area contributed by atoms with E-state index in [1.54, 1.807) is 18.6 Å². The lowest BCUT2D eigenvalue weighted by atomic mass is 10.3. The van der Waals surface area contributed by atoms with Crippen LogP contribution >= 0.6 is 0 Å². The van der Waals surface area contributed by atoms with Crippen LogP contribution in [-0.4, -0.2) is 28.9 Å². The van der Waals surface area contributed by atoms with Crippen molar-refractivity contribution in [2.45, 2.75) is 6.42 Å². The Hall–Kier alpha value is -1.45. The molecular formula is C8H10N4. The minimum absolute atomic E-state index is 0.831. The maximum atomic E-state index is 4.30. The molecule has 0 aliphatic carbocycles. The lowest BCUT2D eigenvalue weighted by Crippen LogP contribution is -2.30. The summed E-state index contributed by atoms with van der Waals surface area (Å²) in [5, 5.41) is 3.18. The third kappa shape index (κ3) is 1.42. The van der Waals surface area contributed by atoms with Gasteiger partial charge >= 0.3 is 0 Å². The van der Waals surface area contributed by atoms with Crippen molar-refractivity contribution in [2.75, 3.05) is 13.1 Å². The molecule has 0 atom stereocenters. The van der Waals surface area contributed by atoms with Gasteiger partial charge in [0.25, 0.3) is 0 Å². The number of nitrogens with zero attached hydrogens (tertiary/aromatic N) is 3. The molecule has 4 heteroatoms. The van der Waals surface area contributed by atoms with E-state index in [9.17, 15) is 0 Å². The van der Waals surface area contributed by atoms with Crippen LogP contribution in [0.4, 0.5) is 0 Å². The van der Waals surface area contributed by atoms with Gasteiger partial charge in [-0.2, -0.15) is 0 Å². The summed E-state index contributed by atoms with van der Waals surface area (Å²) in [5.41, 5.74) is 0.831.